The minimum Gasteiger partial charge on any atom is -0.508 e. The Morgan fingerprint density at radius 2 is 2.16 bits per heavy atom. The van der Waals surface area contributed by atoms with Crippen LogP contribution in [0, 0.1) is 5.92 Å². The predicted molar refractivity (Wildman–Crippen MR) is 90.5 cm³/mol. The van der Waals surface area contributed by atoms with Crippen LogP contribution in [0.2, 0.25) is 0 Å². The predicted octanol–water partition coefficient (Wildman–Crippen LogP) is 2.34. The average Bonchev–Trinajstić information content (AvgIpc) is 2.61. The molecule has 1 saturated heterocycles. The summed E-state index contributed by atoms with van der Waals surface area (Å²) in [6.07, 6.45) is 5.93. The first-order valence-electron chi connectivity index (χ1n) is 8.10. The number of phenolic OH excluding ortho intramolecular Hbond substituents is 1. The number of carbonyl (C=O) groups excluding carboxylic acids is 1. The Morgan fingerprint density at radius 1 is 1.40 bits per heavy atom. The molecule has 5 nitrogen and oxygen atoms in total. The zero-order valence-electron chi connectivity index (χ0n) is 13.6. The van der Waals surface area contributed by atoms with Crippen LogP contribution >= 0.6 is 0 Å². The number of hydrogen-bond donors (Lipinski definition) is 2. The van der Waals surface area contributed by atoms with E-state index < -0.39 is 17.8 Å². The van der Waals surface area contributed by atoms with Gasteiger partial charge in [-0.25, -0.2) is 4.39 Å². The summed E-state index contributed by atoms with van der Waals surface area (Å²) in [6, 6.07) is 6.57. The fraction of sp³-hybridized carbons (Fsp3) is 0.316. The average molecular weight is 345 g/mol. The Labute approximate surface area is 145 Å². The van der Waals surface area contributed by atoms with E-state index >= 15 is 0 Å². The number of ether oxygens (including phenoxy) is 2. The lowest BCUT2D eigenvalue weighted by Crippen LogP contribution is -2.41. The number of nitrogens with two attached hydrogens (primary N) is 1. The summed E-state index contributed by atoms with van der Waals surface area (Å²) in [5, 5.41) is 9.37. The van der Waals surface area contributed by atoms with Crippen molar-refractivity contribution in [3.63, 3.8) is 0 Å². The minimum absolute atomic E-state index is 0.0581. The number of phenols is 1. The van der Waals surface area contributed by atoms with Crippen LogP contribution < -0.4 is 5.73 Å². The van der Waals surface area contributed by atoms with E-state index in [2.05, 4.69) is 0 Å². The summed E-state index contributed by atoms with van der Waals surface area (Å²) >= 11 is 0. The lowest BCUT2D eigenvalue weighted by molar-refractivity contribution is -0.134. The number of allylic oxidation sites excluding steroid dienone is 1. The topological polar surface area (TPSA) is 81.8 Å². The van der Waals surface area contributed by atoms with Crippen LogP contribution in [-0.2, 0) is 14.3 Å². The van der Waals surface area contributed by atoms with Crippen molar-refractivity contribution in [2.75, 3.05) is 19.8 Å². The summed E-state index contributed by atoms with van der Waals surface area (Å²) in [5.41, 5.74) is 6.05. The number of rotatable bonds is 5. The molecule has 0 saturated carbocycles. The molecular weight excluding hydrogens is 325 g/mol. The molecule has 3 atom stereocenters. The highest BCUT2D eigenvalue weighted by molar-refractivity contribution is 5.91. The Hall–Kier alpha value is -2.44. The van der Waals surface area contributed by atoms with Gasteiger partial charge in [-0.2, -0.15) is 0 Å². The fourth-order valence-electron chi connectivity index (χ4n) is 2.96. The molecule has 0 radical (unpaired) electrons. The van der Waals surface area contributed by atoms with Crippen LogP contribution in [0.5, 0.6) is 5.75 Å². The second-order valence-corrected chi connectivity index (χ2v) is 5.97. The summed E-state index contributed by atoms with van der Waals surface area (Å²) < 4.78 is 24.5. The Balaban J connectivity index is 1.66. The molecule has 0 aromatic heterocycles. The molecule has 1 aliphatic carbocycles. The van der Waals surface area contributed by atoms with E-state index in [0.717, 1.165) is 5.56 Å². The van der Waals surface area contributed by atoms with Gasteiger partial charge in [-0.15, -0.1) is 0 Å². The number of Topliss-reactive ketones (excluding diaryl/α,β-unsaturated/α-hetero) is 1. The minimum atomic E-state index is -0.438. The smallest absolute Gasteiger partial charge is 0.152 e. The molecule has 6 heteroatoms. The molecule has 1 aromatic carbocycles. The van der Waals surface area contributed by atoms with Crippen LogP contribution in [-0.4, -0.2) is 36.8 Å². The van der Waals surface area contributed by atoms with Gasteiger partial charge >= 0.3 is 0 Å². The molecule has 1 aromatic rings. The quantitative estimate of drug-likeness (QED) is 0.856. The van der Waals surface area contributed by atoms with Gasteiger partial charge in [-0.3, -0.25) is 4.79 Å². The first-order chi connectivity index (χ1) is 12.1. The first-order valence-corrected chi connectivity index (χ1v) is 8.10. The third kappa shape index (κ3) is 3.97. The molecule has 1 heterocycles. The maximum absolute atomic E-state index is 13.3. The van der Waals surface area contributed by atoms with E-state index in [9.17, 15) is 14.3 Å². The van der Waals surface area contributed by atoms with Crippen LogP contribution in [0.4, 0.5) is 4.39 Å². The Kier molecular flexibility index (Phi) is 5.31. The van der Waals surface area contributed by atoms with E-state index in [0.29, 0.717) is 5.76 Å². The summed E-state index contributed by atoms with van der Waals surface area (Å²) in [7, 11) is 0. The molecule has 0 amide bonds. The molecule has 0 spiro atoms. The summed E-state index contributed by atoms with van der Waals surface area (Å²) in [4.78, 5) is 12.8. The van der Waals surface area contributed by atoms with Gasteiger partial charge in [-0.1, -0.05) is 18.2 Å². The normalized spacial score (nSPS) is 26.2. The zero-order valence-corrected chi connectivity index (χ0v) is 13.6. The highest BCUT2D eigenvalue weighted by Gasteiger charge is 2.39. The zero-order chi connectivity index (χ0) is 17.8. The molecule has 2 aliphatic rings. The molecule has 3 rings (SSSR count). The number of benzene rings is 1. The lowest BCUT2D eigenvalue weighted by atomic mass is 9.80. The first kappa shape index (κ1) is 17.4. The Morgan fingerprint density at radius 3 is 2.88 bits per heavy atom. The van der Waals surface area contributed by atoms with Gasteiger partial charge in [0, 0.05) is 6.54 Å². The Bertz CT molecular complexity index is 723. The van der Waals surface area contributed by atoms with Crippen molar-refractivity contribution in [1.29, 1.82) is 0 Å². The van der Waals surface area contributed by atoms with E-state index in [-0.39, 0.29) is 37.2 Å². The van der Waals surface area contributed by atoms with Gasteiger partial charge in [0.05, 0.1) is 24.5 Å². The van der Waals surface area contributed by atoms with Crippen LogP contribution in [0.15, 0.2) is 60.2 Å². The summed E-state index contributed by atoms with van der Waals surface area (Å²) in [5.74, 6) is -0.520. The van der Waals surface area contributed by atoms with Crippen molar-refractivity contribution < 1.29 is 23.8 Å². The maximum Gasteiger partial charge on any atom is 0.152 e. The highest BCUT2D eigenvalue weighted by atomic mass is 19.1. The SMILES string of the molecule is NC/C=C(/F)COC1=CC2OCC(c3ccc(O)cc3)C(=O)C2C=C1. The molecule has 3 unspecified atom stereocenters. The number of halogens is 1. The second-order valence-electron chi connectivity index (χ2n) is 5.97. The second kappa shape index (κ2) is 7.63. The molecule has 25 heavy (non-hydrogen) atoms. The van der Waals surface area contributed by atoms with Crippen molar-refractivity contribution in [3.05, 3.63) is 65.7 Å². The lowest BCUT2D eigenvalue weighted by Gasteiger charge is -2.34. The standard InChI is InChI=1S/C19H20FNO4/c20-13(7-8-21)10-24-15-5-6-16-18(9-15)25-11-17(19(16)23)12-1-3-14(22)4-2-12/h1-7,9,16-18,22H,8,10-11,21H2/b13-7+. The largest absolute Gasteiger partial charge is 0.508 e. The van der Waals surface area contributed by atoms with Crippen LogP contribution in [0.3, 0.4) is 0 Å². The van der Waals surface area contributed by atoms with Crippen molar-refractivity contribution in [3.8, 4) is 5.75 Å². The molecule has 3 N–H and O–H groups in total. The molecule has 132 valence electrons. The van der Waals surface area contributed by atoms with Crippen LogP contribution in [0.25, 0.3) is 0 Å². The monoisotopic (exact) mass is 345 g/mol. The number of carbonyl (C=O) groups is 1. The molecular formula is C19H20FNO4. The van der Waals surface area contributed by atoms with Gasteiger partial charge in [-0.05, 0) is 35.9 Å². The molecule has 1 aliphatic heterocycles. The summed E-state index contributed by atoms with van der Waals surface area (Å²) in [6.45, 7) is 0.170. The van der Waals surface area contributed by atoms with Gasteiger partial charge in [0.2, 0.25) is 0 Å². The van der Waals surface area contributed by atoms with Crippen molar-refractivity contribution >= 4 is 5.78 Å². The van der Waals surface area contributed by atoms with Gasteiger partial charge < -0.3 is 20.3 Å². The van der Waals surface area contributed by atoms with E-state index in [1.807, 2.05) is 0 Å². The van der Waals surface area contributed by atoms with Gasteiger partial charge in [0.1, 0.15) is 23.9 Å². The van der Waals surface area contributed by atoms with Gasteiger partial charge in [0.25, 0.3) is 0 Å². The van der Waals surface area contributed by atoms with E-state index in [4.69, 9.17) is 15.2 Å². The van der Waals surface area contributed by atoms with Crippen molar-refractivity contribution in [2.24, 2.45) is 11.7 Å². The number of ketones is 1. The van der Waals surface area contributed by atoms with E-state index in [1.54, 1.807) is 42.5 Å². The highest BCUT2D eigenvalue weighted by Crippen LogP contribution is 2.34. The van der Waals surface area contributed by atoms with Crippen molar-refractivity contribution in [2.45, 2.75) is 12.0 Å². The van der Waals surface area contributed by atoms with Crippen molar-refractivity contribution in [1.82, 2.24) is 0 Å². The molecule has 1 fully saturated rings. The third-order valence-corrected chi connectivity index (χ3v) is 4.29. The maximum atomic E-state index is 13.3. The third-order valence-electron chi connectivity index (χ3n) is 4.29. The number of aromatic hydroxyl groups is 1. The molecule has 0 bridgehead atoms. The van der Waals surface area contributed by atoms with E-state index in [1.165, 1.54) is 6.08 Å². The number of hydrogen-bond acceptors (Lipinski definition) is 5. The van der Waals surface area contributed by atoms with Gasteiger partial charge in [0.15, 0.2) is 5.78 Å². The van der Waals surface area contributed by atoms with Crippen LogP contribution in [0.1, 0.15) is 11.5 Å². The number of fused-ring (bicyclic) bond motifs is 1. The fourth-order valence-corrected chi connectivity index (χ4v) is 2.96.